The summed E-state index contributed by atoms with van der Waals surface area (Å²) < 4.78 is 1.92. The molecule has 0 bridgehead atoms. The van der Waals surface area contributed by atoms with E-state index in [-0.39, 0.29) is 11.7 Å². The molecule has 110 valence electrons. The Bertz CT molecular complexity index is 799. The lowest BCUT2D eigenvalue weighted by atomic mass is 10.1. The largest absolute Gasteiger partial charge is 0.323 e. The highest BCUT2D eigenvalue weighted by atomic mass is 16.1. The quantitative estimate of drug-likeness (QED) is 0.649. The number of imidazole rings is 1. The topological polar surface area (TPSA) is 91.4 Å². The number of aromatic amines is 2. The number of H-pyrrole nitrogens is 2. The molecule has 1 atom stereocenters. The first-order chi connectivity index (χ1) is 10.1. The van der Waals surface area contributed by atoms with E-state index in [1.165, 1.54) is 0 Å². The van der Waals surface area contributed by atoms with Gasteiger partial charge in [0.2, 0.25) is 0 Å². The number of benzene rings is 1. The van der Waals surface area contributed by atoms with Gasteiger partial charge in [0, 0.05) is 26.1 Å². The maximum absolute atomic E-state index is 11.3. The zero-order valence-electron chi connectivity index (χ0n) is 12.1. The van der Waals surface area contributed by atoms with E-state index in [1.54, 1.807) is 6.33 Å². The van der Waals surface area contributed by atoms with Gasteiger partial charge in [-0.25, -0.2) is 4.79 Å². The first-order valence-electron chi connectivity index (χ1n) is 6.91. The lowest BCUT2D eigenvalue weighted by Crippen LogP contribution is -2.22. The Hall–Kier alpha value is -2.41. The van der Waals surface area contributed by atoms with Crippen LogP contribution in [-0.4, -0.2) is 31.3 Å². The first-order valence-corrected chi connectivity index (χ1v) is 6.91. The Morgan fingerprint density at radius 1 is 1.33 bits per heavy atom. The van der Waals surface area contributed by atoms with E-state index in [0.717, 1.165) is 35.4 Å². The second kappa shape index (κ2) is 5.53. The Labute approximate surface area is 121 Å². The van der Waals surface area contributed by atoms with Gasteiger partial charge in [-0.2, -0.15) is 0 Å². The number of aryl methyl sites for hydroxylation is 1. The van der Waals surface area contributed by atoms with Crippen LogP contribution in [0.5, 0.6) is 0 Å². The van der Waals surface area contributed by atoms with E-state index >= 15 is 0 Å². The Balaban J connectivity index is 1.64. The number of aromatic nitrogens is 5. The first kappa shape index (κ1) is 13.6. The van der Waals surface area contributed by atoms with Crippen LogP contribution < -0.4 is 11.0 Å². The van der Waals surface area contributed by atoms with Crippen molar-refractivity contribution in [2.24, 2.45) is 7.05 Å². The third-order valence-electron chi connectivity index (χ3n) is 3.64. The molecule has 0 fully saturated rings. The van der Waals surface area contributed by atoms with Crippen LogP contribution in [0.2, 0.25) is 0 Å². The molecule has 21 heavy (non-hydrogen) atoms. The molecular weight excluding hydrogens is 268 g/mol. The van der Waals surface area contributed by atoms with Crippen molar-refractivity contribution in [3.63, 3.8) is 0 Å². The van der Waals surface area contributed by atoms with Crippen LogP contribution in [0.3, 0.4) is 0 Å². The van der Waals surface area contributed by atoms with Crippen molar-refractivity contribution in [1.82, 2.24) is 30.0 Å². The minimum Gasteiger partial charge on any atom is -0.321 e. The molecule has 7 nitrogen and oxygen atoms in total. The molecule has 0 amide bonds. The van der Waals surface area contributed by atoms with E-state index in [0.29, 0.717) is 0 Å². The van der Waals surface area contributed by atoms with Gasteiger partial charge in [0.15, 0.2) is 0 Å². The highest BCUT2D eigenvalue weighted by Crippen LogP contribution is 2.16. The van der Waals surface area contributed by atoms with Crippen molar-refractivity contribution in [2.75, 3.05) is 6.54 Å². The van der Waals surface area contributed by atoms with Gasteiger partial charge in [0.25, 0.3) is 0 Å². The molecule has 0 aliphatic carbocycles. The number of hydrogen-bond acceptors (Lipinski definition) is 4. The normalized spacial score (nSPS) is 12.9. The predicted octanol–water partition coefficient (Wildman–Crippen LogP) is 0.878. The summed E-state index contributed by atoms with van der Waals surface area (Å²) >= 11 is 0. The number of hydrogen-bond donors (Lipinski definition) is 3. The van der Waals surface area contributed by atoms with Crippen molar-refractivity contribution in [3.05, 3.63) is 46.4 Å². The summed E-state index contributed by atoms with van der Waals surface area (Å²) in [5.74, 6) is 0.958. The van der Waals surface area contributed by atoms with Gasteiger partial charge in [0.1, 0.15) is 12.2 Å². The molecular formula is C14H18N6O. The lowest BCUT2D eigenvalue weighted by Gasteiger charge is -2.14. The van der Waals surface area contributed by atoms with Crippen molar-refractivity contribution in [3.8, 4) is 0 Å². The summed E-state index contributed by atoms with van der Waals surface area (Å²) in [4.78, 5) is 16.8. The van der Waals surface area contributed by atoms with Crippen LogP contribution in [0.1, 0.15) is 24.4 Å². The van der Waals surface area contributed by atoms with Crippen molar-refractivity contribution >= 4 is 11.0 Å². The van der Waals surface area contributed by atoms with Crippen LogP contribution >= 0.6 is 0 Å². The fraction of sp³-hybridized carbons (Fsp3) is 0.357. The Morgan fingerprint density at radius 3 is 2.90 bits per heavy atom. The van der Waals surface area contributed by atoms with Crippen LogP contribution in [0.4, 0.5) is 0 Å². The monoisotopic (exact) mass is 286 g/mol. The van der Waals surface area contributed by atoms with Crippen molar-refractivity contribution < 1.29 is 0 Å². The lowest BCUT2D eigenvalue weighted by molar-refractivity contribution is 0.565. The third-order valence-corrected chi connectivity index (χ3v) is 3.64. The molecule has 2 heterocycles. The number of nitrogens with one attached hydrogen (secondary N) is 3. The van der Waals surface area contributed by atoms with Crippen LogP contribution in [0.15, 0.2) is 29.3 Å². The van der Waals surface area contributed by atoms with Gasteiger partial charge >= 0.3 is 5.69 Å². The molecule has 0 saturated carbocycles. The predicted molar refractivity (Wildman–Crippen MR) is 80.0 cm³/mol. The van der Waals surface area contributed by atoms with Crippen LogP contribution in [-0.2, 0) is 13.5 Å². The molecule has 1 unspecified atom stereocenters. The van der Waals surface area contributed by atoms with Gasteiger partial charge in [-0.05, 0) is 24.6 Å². The van der Waals surface area contributed by atoms with Gasteiger partial charge in [-0.3, -0.25) is 0 Å². The fourth-order valence-corrected chi connectivity index (χ4v) is 2.37. The second-order valence-electron chi connectivity index (χ2n) is 5.17. The minimum atomic E-state index is -0.176. The van der Waals surface area contributed by atoms with Gasteiger partial charge < -0.3 is 19.9 Å². The average molecular weight is 286 g/mol. The van der Waals surface area contributed by atoms with E-state index in [9.17, 15) is 4.79 Å². The molecule has 2 aromatic heterocycles. The molecule has 3 rings (SSSR count). The molecule has 0 aliphatic heterocycles. The Kier molecular flexibility index (Phi) is 3.57. The standard InChI is InChI=1S/C14H18N6O/c1-9(15-6-5-13-19-16-8-20(13)2)10-3-4-11-12(7-10)18-14(21)17-11/h3-4,7-9,15H,5-6H2,1-2H3,(H2,17,18,21). The summed E-state index contributed by atoms with van der Waals surface area (Å²) in [5.41, 5.74) is 2.62. The van der Waals surface area contributed by atoms with Gasteiger partial charge in [-0.1, -0.05) is 6.07 Å². The summed E-state index contributed by atoms with van der Waals surface area (Å²) in [7, 11) is 1.94. The number of rotatable bonds is 5. The molecule has 0 aliphatic rings. The zero-order chi connectivity index (χ0) is 14.8. The fourth-order valence-electron chi connectivity index (χ4n) is 2.37. The highest BCUT2D eigenvalue weighted by molar-refractivity contribution is 5.75. The summed E-state index contributed by atoms with van der Waals surface area (Å²) in [6, 6.07) is 6.13. The molecule has 0 spiro atoms. The van der Waals surface area contributed by atoms with Gasteiger partial charge in [0.05, 0.1) is 11.0 Å². The number of nitrogens with zero attached hydrogens (tertiary/aromatic N) is 3. The molecule has 3 aromatic rings. The zero-order valence-corrected chi connectivity index (χ0v) is 12.1. The van der Waals surface area contributed by atoms with Crippen molar-refractivity contribution in [2.45, 2.75) is 19.4 Å². The molecule has 7 heteroatoms. The highest BCUT2D eigenvalue weighted by Gasteiger charge is 2.08. The average Bonchev–Trinajstić information content (AvgIpc) is 3.02. The van der Waals surface area contributed by atoms with E-state index < -0.39 is 0 Å². The summed E-state index contributed by atoms with van der Waals surface area (Å²) in [5, 5.41) is 11.4. The van der Waals surface area contributed by atoms with E-state index in [2.05, 4.69) is 32.4 Å². The summed E-state index contributed by atoms with van der Waals surface area (Å²) in [6.07, 6.45) is 2.53. The molecule has 0 saturated heterocycles. The van der Waals surface area contributed by atoms with E-state index in [1.807, 2.05) is 29.8 Å². The maximum Gasteiger partial charge on any atom is 0.323 e. The minimum absolute atomic E-state index is 0.176. The number of fused-ring (bicyclic) bond motifs is 1. The van der Waals surface area contributed by atoms with Crippen molar-refractivity contribution in [1.29, 1.82) is 0 Å². The smallest absolute Gasteiger partial charge is 0.321 e. The molecule has 0 radical (unpaired) electrons. The summed E-state index contributed by atoms with van der Waals surface area (Å²) in [6.45, 7) is 2.91. The molecule has 1 aromatic carbocycles. The Morgan fingerprint density at radius 2 is 2.14 bits per heavy atom. The SMILES string of the molecule is CC(NCCc1nncn1C)c1ccc2[nH]c(=O)[nH]c2c1. The molecule has 3 N–H and O–H groups in total. The van der Waals surface area contributed by atoms with Crippen LogP contribution in [0, 0.1) is 0 Å². The third kappa shape index (κ3) is 2.87. The van der Waals surface area contributed by atoms with Crippen LogP contribution in [0.25, 0.3) is 11.0 Å². The maximum atomic E-state index is 11.3. The van der Waals surface area contributed by atoms with Gasteiger partial charge in [-0.15, -0.1) is 10.2 Å². The van der Waals surface area contributed by atoms with E-state index in [4.69, 9.17) is 0 Å². The second-order valence-corrected chi connectivity index (χ2v) is 5.17.